The number of ether oxygens (including phenoxy) is 1. The number of pyridine rings is 1. The largest absolute Gasteiger partial charge is 0.478 e. The second-order valence-electron chi connectivity index (χ2n) is 9.99. The van der Waals surface area contributed by atoms with Gasteiger partial charge in [-0.2, -0.15) is 9.97 Å². The zero-order valence-corrected chi connectivity index (χ0v) is 21.9. The van der Waals surface area contributed by atoms with Crippen molar-refractivity contribution in [2.24, 2.45) is 0 Å². The van der Waals surface area contributed by atoms with Crippen molar-refractivity contribution in [2.45, 2.75) is 44.9 Å². The Labute approximate surface area is 221 Å². The summed E-state index contributed by atoms with van der Waals surface area (Å²) in [5.41, 5.74) is 0.0654. The molecule has 12 heteroatoms. The monoisotopic (exact) mass is 533 g/mol. The summed E-state index contributed by atoms with van der Waals surface area (Å²) in [5, 5.41) is 9.54. The van der Waals surface area contributed by atoms with Gasteiger partial charge in [0.15, 0.2) is 0 Å². The molecule has 0 amide bonds. The van der Waals surface area contributed by atoms with Crippen LogP contribution in [0.5, 0.6) is 0 Å². The number of aromatic nitrogens is 3. The first-order valence-corrected chi connectivity index (χ1v) is 13.2. The number of piperidine rings is 1. The van der Waals surface area contributed by atoms with Crippen LogP contribution in [-0.2, 0) is 4.74 Å². The van der Waals surface area contributed by atoms with E-state index in [2.05, 4.69) is 38.4 Å². The Morgan fingerprint density at radius 1 is 1.03 bits per heavy atom. The highest BCUT2D eigenvalue weighted by molar-refractivity contribution is 6.33. The van der Waals surface area contributed by atoms with Crippen LogP contribution < -0.4 is 19.6 Å². The predicted molar refractivity (Wildman–Crippen MR) is 141 cm³/mol. The van der Waals surface area contributed by atoms with E-state index in [1.54, 1.807) is 0 Å². The molecule has 10 nitrogen and oxygen atoms in total. The number of carbonyl (C=O) groups is 1. The van der Waals surface area contributed by atoms with Crippen molar-refractivity contribution in [3.63, 3.8) is 0 Å². The van der Waals surface area contributed by atoms with Crippen LogP contribution in [0.1, 0.15) is 37.0 Å². The molecular weight excluding hydrogens is 501 g/mol. The number of carboxylic acid groups (broad SMARTS) is 1. The third-order valence-corrected chi connectivity index (χ3v) is 7.63. The summed E-state index contributed by atoms with van der Waals surface area (Å²) in [6.45, 7) is 9.46. The SMILES string of the molecule is C[C@@H]1CN(c2ncc(C(=O)O)cc2Cl)CCN1c1cc(N2CCC(F)CC2)nc(N2CCOC[C@H]2C)n1. The van der Waals surface area contributed by atoms with E-state index in [0.717, 1.165) is 18.2 Å². The maximum absolute atomic E-state index is 13.8. The number of alkyl halides is 1. The minimum absolute atomic E-state index is 0.0654. The lowest BCUT2D eigenvalue weighted by molar-refractivity contribution is 0.0696. The number of nitrogens with zero attached hydrogens (tertiary/aromatic N) is 7. The number of aromatic carboxylic acids is 1. The topological polar surface area (TPSA) is 98.2 Å². The van der Waals surface area contributed by atoms with Crippen LogP contribution in [0.25, 0.3) is 0 Å². The molecule has 37 heavy (non-hydrogen) atoms. The Balaban J connectivity index is 1.40. The molecule has 200 valence electrons. The van der Waals surface area contributed by atoms with E-state index >= 15 is 0 Å². The third kappa shape index (κ3) is 5.52. The van der Waals surface area contributed by atoms with Gasteiger partial charge < -0.3 is 29.4 Å². The van der Waals surface area contributed by atoms with Crippen LogP contribution in [-0.4, -0.2) is 96.8 Å². The van der Waals surface area contributed by atoms with Crippen LogP contribution in [0, 0.1) is 0 Å². The molecule has 0 radical (unpaired) electrons. The zero-order chi connectivity index (χ0) is 26.1. The first-order chi connectivity index (χ1) is 17.8. The quantitative estimate of drug-likeness (QED) is 0.617. The van der Waals surface area contributed by atoms with Crippen molar-refractivity contribution in [1.82, 2.24) is 15.0 Å². The Morgan fingerprint density at radius 3 is 2.46 bits per heavy atom. The number of carboxylic acids is 1. The molecule has 0 spiro atoms. The van der Waals surface area contributed by atoms with Crippen molar-refractivity contribution >= 4 is 41.0 Å². The summed E-state index contributed by atoms with van der Waals surface area (Å²) in [4.78, 5) is 34.2. The first kappa shape index (κ1) is 25.7. The molecule has 3 aliphatic rings. The van der Waals surface area contributed by atoms with Gasteiger partial charge in [0.1, 0.15) is 23.6 Å². The highest BCUT2D eigenvalue weighted by Crippen LogP contribution is 2.31. The number of hydrogen-bond acceptors (Lipinski definition) is 9. The fourth-order valence-corrected chi connectivity index (χ4v) is 5.51. The molecule has 2 atom stereocenters. The van der Waals surface area contributed by atoms with Gasteiger partial charge in [-0.05, 0) is 32.8 Å². The number of piperazine rings is 1. The molecule has 5 heterocycles. The molecule has 5 rings (SSSR count). The lowest BCUT2D eigenvalue weighted by Gasteiger charge is -2.42. The summed E-state index contributed by atoms with van der Waals surface area (Å²) in [7, 11) is 0. The molecule has 3 aliphatic heterocycles. The van der Waals surface area contributed by atoms with E-state index in [1.165, 1.54) is 12.3 Å². The van der Waals surface area contributed by atoms with Crippen LogP contribution in [0.4, 0.5) is 27.8 Å². The van der Waals surface area contributed by atoms with Gasteiger partial charge in [0.2, 0.25) is 5.95 Å². The van der Waals surface area contributed by atoms with Gasteiger partial charge in [-0.15, -0.1) is 0 Å². The zero-order valence-electron chi connectivity index (χ0n) is 21.2. The molecule has 0 aromatic carbocycles. The van der Waals surface area contributed by atoms with Crippen molar-refractivity contribution in [1.29, 1.82) is 0 Å². The summed E-state index contributed by atoms with van der Waals surface area (Å²) >= 11 is 6.40. The van der Waals surface area contributed by atoms with Crippen molar-refractivity contribution in [3.05, 3.63) is 28.9 Å². The lowest BCUT2D eigenvalue weighted by atomic mass is 10.1. The Hall–Kier alpha value is -2.92. The van der Waals surface area contributed by atoms with Crippen molar-refractivity contribution < 1.29 is 19.0 Å². The van der Waals surface area contributed by atoms with Gasteiger partial charge in [-0.1, -0.05) is 11.6 Å². The van der Waals surface area contributed by atoms with Gasteiger partial charge in [0.05, 0.1) is 29.8 Å². The molecule has 0 aliphatic carbocycles. The Bertz CT molecular complexity index is 1130. The summed E-state index contributed by atoms with van der Waals surface area (Å²) < 4.78 is 19.5. The third-order valence-electron chi connectivity index (χ3n) is 7.35. The van der Waals surface area contributed by atoms with Crippen LogP contribution in [0.2, 0.25) is 5.02 Å². The summed E-state index contributed by atoms with van der Waals surface area (Å²) in [6.07, 6.45) is 1.60. The molecule has 3 fully saturated rings. The maximum Gasteiger partial charge on any atom is 0.337 e. The molecule has 1 N–H and O–H groups in total. The Morgan fingerprint density at radius 2 is 1.78 bits per heavy atom. The fourth-order valence-electron chi connectivity index (χ4n) is 5.22. The Kier molecular flexibility index (Phi) is 7.52. The molecule has 3 saturated heterocycles. The standard InChI is InChI=1S/C25H33ClFN7O3/c1-16-14-32(23-20(26)11-18(13-28-23)24(35)36)7-8-33(16)22-12-21(31-5-3-19(27)4-6-31)29-25(30-22)34-9-10-37-15-17(34)2/h11-13,16-17,19H,3-10,14-15H2,1-2H3,(H,35,36)/t16-,17-/m1/s1. The van der Waals surface area contributed by atoms with Gasteiger partial charge in [-0.3, -0.25) is 0 Å². The first-order valence-electron chi connectivity index (χ1n) is 12.8. The minimum Gasteiger partial charge on any atom is -0.478 e. The van der Waals surface area contributed by atoms with Gasteiger partial charge >= 0.3 is 5.97 Å². The van der Waals surface area contributed by atoms with E-state index in [1.807, 2.05) is 6.07 Å². The van der Waals surface area contributed by atoms with Crippen LogP contribution in [0.15, 0.2) is 18.3 Å². The second-order valence-corrected chi connectivity index (χ2v) is 10.4. The molecular formula is C25H33ClFN7O3. The van der Waals surface area contributed by atoms with Crippen LogP contribution >= 0.6 is 11.6 Å². The molecule has 0 bridgehead atoms. The highest BCUT2D eigenvalue weighted by atomic mass is 35.5. The summed E-state index contributed by atoms with van der Waals surface area (Å²) in [5.74, 6) is 1.87. The van der Waals surface area contributed by atoms with Gasteiger partial charge in [0.25, 0.3) is 0 Å². The second kappa shape index (κ2) is 10.8. The van der Waals surface area contributed by atoms with E-state index in [9.17, 15) is 14.3 Å². The van der Waals surface area contributed by atoms with Crippen LogP contribution in [0.3, 0.4) is 0 Å². The molecule has 0 unspecified atom stereocenters. The number of halogens is 2. The number of rotatable bonds is 5. The highest BCUT2D eigenvalue weighted by Gasteiger charge is 2.30. The normalized spacial score (nSPS) is 23.5. The number of anilines is 4. The lowest BCUT2D eigenvalue weighted by Crippen LogP contribution is -2.53. The van der Waals surface area contributed by atoms with Crippen molar-refractivity contribution in [3.8, 4) is 0 Å². The average molecular weight is 534 g/mol. The molecule has 0 saturated carbocycles. The van der Waals surface area contributed by atoms with Gasteiger partial charge in [-0.25, -0.2) is 14.2 Å². The molecule has 2 aromatic heterocycles. The van der Waals surface area contributed by atoms with E-state index in [4.69, 9.17) is 26.3 Å². The summed E-state index contributed by atoms with van der Waals surface area (Å²) in [6, 6.07) is 3.70. The molecule has 2 aromatic rings. The number of morpholine rings is 1. The van der Waals surface area contributed by atoms with E-state index in [-0.39, 0.29) is 17.6 Å². The average Bonchev–Trinajstić information content (AvgIpc) is 2.89. The minimum atomic E-state index is -1.06. The fraction of sp³-hybridized carbons (Fsp3) is 0.600. The van der Waals surface area contributed by atoms with Gasteiger partial charge in [0, 0.05) is 57.6 Å². The predicted octanol–water partition coefficient (Wildman–Crippen LogP) is 3.10. The van der Waals surface area contributed by atoms with E-state index < -0.39 is 12.1 Å². The van der Waals surface area contributed by atoms with E-state index in [0.29, 0.717) is 75.6 Å². The smallest absolute Gasteiger partial charge is 0.337 e. The maximum atomic E-state index is 13.8. The number of hydrogen-bond donors (Lipinski definition) is 1. The van der Waals surface area contributed by atoms with Crippen molar-refractivity contribution in [2.75, 3.05) is 72.1 Å².